The maximum Gasteiger partial charge on any atom is 0.335 e. The first-order chi connectivity index (χ1) is 16.1. The van der Waals surface area contributed by atoms with E-state index in [9.17, 15) is 35.3 Å². The van der Waals surface area contributed by atoms with Crippen molar-refractivity contribution < 1.29 is 39.5 Å². The molecule has 3 unspecified atom stereocenters. The minimum absolute atomic E-state index is 0.0813. The topological polar surface area (TPSA) is 173 Å². The number of nitrogens with one attached hydrogen (secondary N) is 1. The lowest BCUT2D eigenvalue weighted by Crippen LogP contribution is -2.68. The lowest BCUT2D eigenvalue weighted by atomic mass is 9.51. The molecular weight excluding hydrogens is 446 g/mol. The largest absolute Gasteiger partial charge is 0.479 e. The van der Waals surface area contributed by atoms with Crippen molar-refractivity contribution >= 4 is 11.9 Å². The van der Waals surface area contributed by atoms with Crippen molar-refractivity contribution in [3.63, 3.8) is 0 Å². The second-order valence-corrected chi connectivity index (χ2v) is 11.0. The van der Waals surface area contributed by atoms with Crippen LogP contribution < -0.4 is 5.32 Å². The standard InChI is InChI=1S/C23H33N3O8/c24-9-14-2-1-3-26(14)15(27)10-25-22-5-12-4-13(6-22)8-23(7-12,11-22)34-21-18(30)16(28)17(29)19(33-21)20(31)32/h12-14,16-19,21,25,28-30H,1-8,10-11H2,(H,31,32)/t12?,13?,14-,16-,17-,18-,19?,21-,22?,23?/m0/s1. The number of aliphatic carboxylic acids is 1. The Bertz CT molecular complexity index is 863. The smallest absolute Gasteiger partial charge is 0.335 e. The highest BCUT2D eigenvalue weighted by molar-refractivity contribution is 5.79. The summed E-state index contributed by atoms with van der Waals surface area (Å²) in [4.78, 5) is 26.0. The number of nitriles is 1. The molecule has 0 aromatic rings. The molecule has 6 aliphatic rings. The quantitative estimate of drug-likeness (QED) is 0.321. The van der Waals surface area contributed by atoms with E-state index in [1.165, 1.54) is 0 Å². The Balaban J connectivity index is 1.29. The van der Waals surface area contributed by atoms with Crippen molar-refractivity contribution in [2.45, 2.75) is 99.3 Å². The van der Waals surface area contributed by atoms with E-state index in [2.05, 4.69) is 11.4 Å². The first-order valence-electron chi connectivity index (χ1n) is 12.2. The molecule has 4 bridgehead atoms. The second-order valence-electron chi connectivity index (χ2n) is 11.0. The van der Waals surface area contributed by atoms with Crippen LogP contribution in [0.2, 0.25) is 0 Å². The number of nitrogens with zero attached hydrogens (tertiary/aromatic N) is 2. The van der Waals surface area contributed by atoms with Crippen molar-refractivity contribution in [2.75, 3.05) is 13.1 Å². The Morgan fingerprint density at radius 3 is 2.47 bits per heavy atom. The molecule has 1 amide bonds. The van der Waals surface area contributed by atoms with Crippen molar-refractivity contribution in [2.24, 2.45) is 11.8 Å². The third-order valence-electron chi connectivity index (χ3n) is 8.52. The molecule has 6 rings (SSSR count). The number of carbonyl (C=O) groups excluding carboxylic acids is 1. The zero-order valence-corrected chi connectivity index (χ0v) is 19.0. The Kier molecular flexibility index (Phi) is 6.11. The Labute approximate surface area is 197 Å². The maximum atomic E-state index is 12.8. The predicted molar refractivity (Wildman–Crippen MR) is 114 cm³/mol. The molecular formula is C23H33N3O8. The van der Waals surface area contributed by atoms with Gasteiger partial charge in [0.1, 0.15) is 24.4 Å². The zero-order valence-electron chi connectivity index (χ0n) is 19.0. The molecule has 11 heteroatoms. The number of aliphatic hydroxyl groups excluding tert-OH is 3. The predicted octanol–water partition coefficient (Wildman–Crippen LogP) is -0.909. The van der Waals surface area contributed by atoms with E-state index in [1.54, 1.807) is 4.90 Å². The highest BCUT2D eigenvalue weighted by atomic mass is 16.7. The summed E-state index contributed by atoms with van der Waals surface area (Å²) in [6.45, 7) is 0.738. The van der Waals surface area contributed by atoms with Gasteiger partial charge in [-0.3, -0.25) is 4.79 Å². The average molecular weight is 480 g/mol. The van der Waals surface area contributed by atoms with Gasteiger partial charge in [-0.1, -0.05) is 0 Å². The summed E-state index contributed by atoms with van der Waals surface area (Å²) < 4.78 is 11.7. The molecule has 0 aromatic carbocycles. The normalized spacial score (nSPS) is 47.5. The van der Waals surface area contributed by atoms with Crippen LogP contribution >= 0.6 is 0 Å². The van der Waals surface area contributed by atoms with Crippen molar-refractivity contribution in [1.29, 1.82) is 5.26 Å². The summed E-state index contributed by atoms with van der Waals surface area (Å²) in [5.74, 6) is -0.808. The van der Waals surface area contributed by atoms with Gasteiger partial charge in [0, 0.05) is 12.1 Å². The molecule has 6 fully saturated rings. The lowest BCUT2D eigenvalue weighted by Gasteiger charge is -2.62. The van der Waals surface area contributed by atoms with Gasteiger partial charge in [0.05, 0.1) is 18.2 Å². The summed E-state index contributed by atoms with van der Waals surface area (Å²) >= 11 is 0. The van der Waals surface area contributed by atoms with E-state index in [0.29, 0.717) is 31.2 Å². The molecule has 5 N–H and O–H groups in total. The van der Waals surface area contributed by atoms with E-state index in [1.807, 2.05) is 0 Å². The molecule has 2 saturated heterocycles. The number of carbonyl (C=O) groups is 2. The van der Waals surface area contributed by atoms with Gasteiger partial charge in [0.15, 0.2) is 12.4 Å². The molecule has 0 spiro atoms. The van der Waals surface area contributed by atoms with Crippen LogP contribution in [-0.2, 0) is 19.1 Å². The number of likely N-dealkylation sites (tertiary alicyclic amines) is 1. The SMILES string of the molecule is N#C[C@@H]1CCCN1C(=O)CNC12CC3CC(C1)CC(O[C@@H]1OC(C(=O)O)[C@@H](O)[C@H](O)[C@@H]1O)(C3)C2. The molecule has 2 heterocycles. The van der Waals surface area contributed by atoms with Crippen molar-refractivity contribution in [1.82, 2.24) is 10.2 Å². The molecule has 188 valence electrons. The third-order valence-corrected chi connectivity index (χ3v) is 8.52. The average Bonchev–Trinajstić information content (AvgIpc) is 3.26. The van der Waals surface area contributed by atoms with Gasteiger partial charge in [-0.05, 0) is 63.2 Å². The number of carboxylic acids is 1. The summed E-state index contributed by atoms with van der Waals surface area (Å²) in [5, 5.41) is 52.8. The van der Waals surface area contributed by atoms with Crippen LogP contribution in [0.3, 0.4) is 0 Å². The van der Waals surface area contributed by atoms with Gasteiger partial charge in [0.25, 0.3) is 0 Å². The van der Waals surface area contributed by atoms with Crippen LogP contribution in [0.15, 0.2) is 0 Å². The molecule has 34 heavy (non-hydrogen) atoms. The molecule has 8 atom stereocenters. The lowest BCUT2D eigenvalue weighted by molar-refractivity contribution is -0.337. The third kappa shape index (κ3) is 4.10. The number of amides is 1. The molecule has 4 saturated carbocycles. The second kappa shape index (κ2) is 8.69. The van der Waals surface area contributed by atoms with Gasteiger partial charge >= 0.3 is 5.97 Å². The van der Waals surface area contributed by atoms with Gasteiger partial charge in [0.2, 0.25) is 5.91 Å². The monoisotopic (exact) mass is 479 g/mol. The van der Waals surface area contributed by atoms with E-state index in [4.69, 9.17) is 9.47 Å². The maximum absolute atomic E-state index is 12.8. The van der Waals surface area contributed by atoms with Crippen LogP contribution in [0.5, 0.6) is 0 Å². The summed E-state index contributed by atoms with van der Waals surface area (Å²) in [7, 11) is 0. The number of hydrogen-bond acceptors (Lipinski definition) is 9. The summed E-state index contributed by atoms with van der Waals surface area (Å²) in [5.41, 5.74) is -1.01. The van der Waals surface area contributed by atoms with Crippen LogP contribution in [-0.4, -0.2) is 98.2 Å². The van der Waals surface area contributed by atoms with Gasteiger partial charge < -0.3 is 40.1 Å². The molecule has 11 nitrogen and oxygen atoms in total. The Morgan fingerprint density at radius 2 is 1.82 bits per heavy atom. The minimum Gasteiger partial charge on any atom is -0.479 e. The number of ether oxygens (including phenoxy) is 2. The van der Waals surface area contributed by atoms with E-state index < -0.39 is 42.3 Å². The number of carboxylic acid groups (broad SMARTS) is 1. The highest BCUT2D eigenvalue weighted by Crippen LogP contribution is 2.59. The fraction of sp³-hybridized carbons (Fsp3) is 0.870. The Hall–Kier alpha value is -1.81. The summed E-state index contributed by atoms with van der Waals surface area (Å²) in [6.07, 6.45) is -1.70. The molecule has 0 aromatic heterocycles. The van der Waals surface area contributed by atoms with Gasteiger partial charge in [-0.2, -0.15) is 5.26 Å². The van der Waals surface area contributed by atoms with E-state index >= 15 is 0 Å². The van der Waals surface area contributed by atoms with Gasteiger partial charge in [-0.15, -0.1) is 0 Å². The first kappa shape index (κ1) is 23.9. The van der Waals surface area contributed by atoms with E-state index in [0.717, 1.165) is 38.5 Å². The minimum atomic E-state index is -1.76. The van der Waals surface area contributed by atoms with Crippen molar-refractivity contribution in [3.05, 3.63) is 0 Å². The van der Waals surface area contributed by atoms with Gasteiger partial charge in [-0.25, -0.2) is 4.79 Å². The molecule has 0 radical (unpaired) electrons. The fourth-order valence-corrected chi connectivity index (χ4v) is 7.48. The highest BCUT2D eigenvalue weighted by Gasteiger charge is 2.60. The number of hydrogen-bond donors (Lipinski definition) is 5. The first-order valence-corrected chi connectivity index (χ1v) is 12.2. The number of aliphatic hydroxyl groups is 3. The van der Waals surface area contributed by atoms with Crippen LogP contribution in [0, 0.1) is 23.2 Å². The fourth-order valence-electron chi connectivity index (χ4n) is 7.48. The van der Waals surface area contributed by atoms with Crippen molar-refractivity contribution in [3.8, 4) is 6.07 Å². The molecule has 4 aliphatic carbocycles. The number of rotatable bonds is 6. The van der Waals surface area contributed by atoms with E-state index in [-0.39, 0.29) is 24.0 Å². The van der Waals surface area contributed by atoms with Crippen LogP contribution in [0.1, 0.15) is 51.4 Å². The molecule has 2 aliphatic heterocycles. The van der Waals surface area contributed by atoms with Crippen LogP contribution in [0.4, 0.5) is 0 Å². The Morgan fingerprint density at radius 1 is 1.12 bits per heavy atom. The van der Waals surface area contributed by atoms with Crippen LogP contribution in [0.25, 0.3) is 0 Å². The zero-order chi connectivity index (χ0) is 24.3. The summed E-state index contributed by atoms with van der Waals surface area (Å²) in [6, 6.07) is 1.84.